The topological polar surface area (TPSA) is 103 Å². The van der Waals surface area contributed by atoms with E-state index in [1.54, 1.807) is 6.92 Å². The van der Waals surface area contributed by atoms with Crippen LogP contribution in [0.3, 0.4) is 0 Å². The van der Waals surface area contributed by atoms with Crippen molar-refractivity contribution in [2.45, 2.75) is 20.0 Å². The monoisotopic (exact) mass is 394 g/mol. The number of hydrogen-bond acceptors (Lipinski definition) is 6. The van der Waals surface area contributed by atoms with Gasteiger partial charge in [0.15, 0.2) is 5.69 Å². The number of nitrogens with two attached hydrogens (primary N) is 1. The van der Waals surface area contributed by atoms with Crippen molar-refractivity contribution in [3.8, 4) is 17.5 Å². The van der Waals surface area contributed by atoms with Gasteiger partial charge in [-0.3, -0.25) is 0 Å². The van der Waals surface area contributed by atoms with E-state index in [1.807, 2.05) is 6.07 Å². The molecule has 0 fully saturated rings. The number of hydrogen-bond donors (Lipinski definition) is 1. The molecule has 0 aliphatic rings. The van der Waals surface area contributed by atoms with Crippen molar-refractivity contribution in [3.63, 3.8) is 0 Å². The minimum absolute atomic E-state index is 0.0231. The number of allylic oxidation sites excluding steroid dienone is 1. The van der Waals surface area contributed by atoms with Crippen LogP contribution in [0.2, 0.25) is 0 Å². The van der Waals surface area contributed by atoms with Gasteiger partial charge < -0.3 is 15.2 Å². The number of rotatable bonds is 6. The Balaban J connectivity index is 2.78. The molecule has 2 rings (SSSR count). The van der Waals surface area contributed by atoms with E-state index in [0.29, 0.717) is 0 Å². The molecule has 0 bridgehead atoms. The normalized spacial score (nSPS) is 11.0. The smallest absolute Gasteiger partial charge is 0.418 e. The molecule has 0 saturated carbocycles. The molecule has 0 radical (unpaired) electrons. The molecule has 0 spiro atoms. The van der Waals surface area contributed by atoms with Crippen LogP contribution in [0.4, 0.5) is 18.9 Å². The van der Waals surface area contributed by atoms with Gasteiger partial charge in [-0.15, -0.1) is 0 Å². The second-order valence-corrected chi connectivity index (χ2v) is 5.45. The summed E-state index contributed by atoms with van der Waals surface area (Å²) in [6.07, 6.45) is -4.80. The average Bonchev–Trinajstić information content (AvgIpc) is 2.97. The Morgan fingerprint density at radius 1 is 1.36 bits per heavy atom. The number of nitrogens with zero attached hydrogens (tertiary/aromatic N) is 3. The minimum atomic E-state index is -4.80. The SMILES string of the molecule is C=C(c1nn(-c2ccc(C#N)cc2OCC)c(C(=O)OCC)c1N)C(F)(F)F. The molecule has 0 atom stereocenters. The Hall–Kier alpha value is -3.48. The number of halogens is 3. The number of ether oxygens (including phenoxy) is 2. The van der Waals surface area contributed by atoms with E-state index in [9.17, 15) is 18.0 Å². The number of esters is 1. The van der Waals surface area contributed by atoms with Crippen LogP contribution in [0.25, 0.3) is 11.3 Å². The van der Waals surface area contributed by atoms with E-state index < -0.39 is 34.8 Å². The minimum Gasteiger partial charge on any atom is -0.492 e. The molecular weight excluding hydrogens is 377 g/mol. The number of aromatic nitrogens is 2. The third-order valence-electron chi connectivity index (χ3n) is 3.64. The van der Waals surface area contributed by atoms with Gasteiger partial charge in [0, 0.05) is 6.07 Å². The van der Waals surface area contributed by atoms with E-state index in [1.165, 1.54) is 25.1 Å². The molecule has 0 aliphatic carbocycles. The Labute approximate surface area is 158 Å². The molecule has 0 saturated heterocycles. The molecule has 1 aromatic heterocycles. The second-order valence-electron chi connectivity index (χ2n) is 5.45. The molecule has 1 heterocycles. The van der Waals surface area contributed by atoms with Crippen LogP contribution in [0.15, 0.2) is 24.8 Å². The first-order chi connectivity index (χ1) is 13.1. The summed E-state index contributed by atoms with van der Waals surface area (Å²) in [7, 11) is 0. The highest BCUT2D eigenvalue weighted by Gasteiger charge is 2.38. The van der Waals surface area contributed by atoms with Crippen LogP contribution in [-0.2, 0) is 4.74 Å². The van der Waals surface area contributed by atoms with Crippen molar-refractivity contribution in [1.82, 2.24) is 9.78 Å². The van der Waals surface area contributed by atoms with Gasteiger partial charge in [0.1, 0.15) is 17.1 Å². The Kier molecular flexibility index (Phi) is 5.98. The van der Waals surface area contributed by atoms with Gasteiger partial charge in [0.2, 0.25) is 0 Å². The van der Waals surface area contributed by atoms with Crippen LogP contribution in [0, 0.1) is 11.3 Å². The van der Waals surface area contributed by atoms with Gasteiger partial charge in [-0.25, -0.2) is 9.48 Å². The first-order valence-electron chi connectivity index (χ1n) is 8.15. The van der Waals surface area contributed by atoms with E-state index in [0.717, 1.165) is 4.68 Å². The molecule has 0 aliphatic heterocycles. The van der Waals surface area contributed by atoms with Crippen LogP contribution >= 0.6 is 0 Å². The molecule has 2 aromatic rings. The molecule has 0 unspecified atom stereocenters. The zero-order valence-electron chi connectivity index (χ0n) is 15.1. The number of alkyl halides is 3. The van der Waals surface area contributed by atoms with Crippen molar-refractivity contribution >= 4 is 17.2 Å². The summed E-state index contributed by atoms with van der Waals surface area (Å²) in [5, 5.41) is 12.9. The lowest BCUT2D eigenvalue weighted by atomic mass is 10.1. The van der Waals surface area contributed by atoms with E-state index in [-0.39, 0.29) is 30.2 Å². The number of benzene rings is 1. The molecule has 1 aromatic carbocycles. The first kappa shape index (κ1) is 20.8. The van der Waals surface area contributed by atoms with Crippen molar-refractivity contribution < 1.29 is 27.4 Å². The van der Waals surface area contributed by atoms with E-state index in [2.05, 4.69) is 11.7 Å². The highest BCUT2D eigenvalue weighted by molar-refractivity contribution is 5.97. The van der Waals surface area contributed by atoms with E-state index in [4.69, 9.17) is 20.5 Å². The Morgan fingerprint density at radius 3 is 2.57 bits per heavy atom. The summed E-state index contributed by atoms with van der Waals surface area (Å²) in [6, 6.07) is 6.10. The third kappa shape index (κ3) is 3.93. The molecule has 148 valence electrons. The summed E-state index contributed by atoms with van der Waals surface area (Å²) in [5.41, 5.74) is 3.28. The number of nitrogen functional groups attached to an aromatic ring is 1. The summed E-state index contributed by atoms with van der Waals surface area (Å²) in [6.45, 7) is 6.39. The summed E-state index contributed by atoms with van der Waals surface area (Å²) >= 11 is 0. The maximum Gasteiger partial charge on any atom is 0.418 e. The lowest BCUT2D eigenvalue weighted by Gasteiger charge is -2.13. The van der Waals surface area contributed by atoms with Crippen LogP contribution in [-0.4, -0.2) is 35.1 Å². The molecule has 0 amide bonds. The molecule has 10 heteroatoms. The van der Waals surface area contributed by atoms with Gasteiger partial charge in [0.25, 0.3) is 0 Å². The molecule has 2 N–H and O–H groups in total. The van der Waals surface area contributed by atoms with Crippen LogP contribution in [0.1, 0.15) is 35.6 Å². The number of carbonyl (C=O) groups excluding carboxylic acids is 1. The van der Waals surface area contributed by atoms with Gasteiger partial charge in [-0.05, 0) is 26.0 Å². The summed E-state index contributed by atoms with van der Waals surface area (Å²) < 4.78 is 50.6. The fourth-order valence-electron chi connectivity index (χ4n) is 2.39. The first-order valence-corrected chi connectivity index (χ1v) is 8.15. The lowest BCUT2D eigenvalue weighted by Crippen LogP contribution is -2.14. The number of carbonyl (C=O) groups is 1. The standard InChI is InChI=1S/C18H17F3N4O3/c1-4-27-13-8-11(9-22)6-7-12(13)25-16(17(26)28-5-2)14(23)15(24-25)10(3)18(19,20)21/h6-8H,3-5,23H2,1-2H3. The summed E-state index contributed by atoms with van der Waals surface area (Å²) in [4.78, 5) is 12.4. The van der Waals surface area contributed by atoms with E-state index >= 15 is 0 Å². The molecule has 7 nitrogen and oxygen atoms in total. The highest BCUT2D eigenvalue weighted by atomic mass is 19.4. The molecule has 28 heavy (non-hydrogen) atoms. The maximum atomic E-state index is 13.1. The van der Waals surface area contributed by atoms with Gasteiger partial charge in [-0.2, -0.15) is 23.5 Å². The van der Waals surface area contributed by atoms with Crippen molar-refractivity contribution in [3.05, 3.63) is 41.7 Å². The predicted octanol–water partition coefficient (Wildman–Crippen LogP) is 3.48. The van der Waals surface area contributed by atoms with Crippen molar-refractivity contribution in [2.24, 2.45) is 0 Å². The fourth-order valence-corrected chi connectivity index (χ4v) is 2.39. The highest BCUT2D eigenvalue weighted by Crippen LogP contribution is 2.37. The number of nitriles is 1. The lowest BCUT2D eigenvalue weighted by molar-refractivity contribution is -0.0688. The van der Waals surface area contributed by atoms with Crippen molar-refractivity contribution in [2.75, 3.05) is 18.9 Å². The largest absolute Gasteiger partial charge is 0.492 e. The quantitative estimate of drug-likeness (QED) is 0.753. The second kappa shape index (κ2) is 8.04. The van der Waals surface area contributed by atoms with Crippen molar-refractivity contribution in [1.29, 1.82) is 5.26 Å². The zero-order chi connectivity index (χ0) is 21.1. The number of anilines is 1. The molecular formula is C18H17F3N4O3. The van der Waals surface area contributed by atoms with Gasteiger partial charge in [-0.1, -0.05) is 6.58 Å². The van der Waals surface area contributed by atoms with Gasteiger partial charge >= 0.3 is 12.1 Å². The Morgan fingerprint density at radius 2 is 2.04 bits per heavy atom. The average molecular weight is 394 g/mol. The predicted molar refractivity (Wildman–Crippen MR) is 94.9 cm³/mol. The maximum absolute atomic E-state index is 13.1. The fraction of sp³-hybridized carbons (Fsp3) is 0.278. The van der Waals surface area contributed by atoms with Crippen LogP contribution < -0.4 is 10.5 Å². The van der Waals surface area contributed by atoms with Gasteiger partial charge in [0.05, 0.1) is 36.1 Å². The summed E-state index contributed by atoms with van der Waals surface area (Å²) in [5.74, 6) is -0.820. The Bertz CT molecular complexity index is 958. The van der Waals surface area contributed by atoms with Crippen LogP contribution in [0.5, 0.6) is 5.75 Å². The third-order valence-corrected chi connectivity index (χ3v) is 3.64. The zero-order valence-corrected chi connectivity index (χ0v) is 15.1.